The molecule has 0 rings (SSSR count). The molecule has 7 heteroatoms. The van der Waals surface area contributed by atoms with Crippen molar-refractivity contribution in [1.29, 1.82) is 0 Å². The van der Waals surface area contributed by atoms with Gasteiger partial charge in [0.15, 0.2) is 0 Å². The molecule has 0 spiro atoms. The maximum atomic E-state index is 8.25. The minimum absolute atomic E-state index is 0. The summed E-state index contributed by atoms with van der Waals surface area (Å²) in [5, 5.41) is 8.25. The summed E-state index contributed by atoms with van der Waals surface area (Å²) in [6.45, 7) is -0.500. The van der Waals surface area contributed by atoms with Gasteiger partial charge < -0.3 is 39.3 Å². The molecule has 0 saturated carbocycles. The Morgan fingerprint density at radius 2 is 1.25 bits per heavy atom. The first-order chi connectivity index (χ1) is 1.41. The second-order valence-electron chi connectivity index (χ2n) is 0.0962. The van der Waals surface area contributed by atoms with Gasteiger partial charge in [0.25, 0.3) is 0 Å². The fourth-order valence-corrected chi connectivity index (χ4v) is 0. The monoisotopic (exact) mass is 260 g/mol. The van der Waals surface area contributed by atoms with Gasteiger partial charge in [-0.15, -0.1) is 0 Å². The molecule has 0 unspecified atom stereocenters. The van der Waals surface area contributed by atoms with Crippen LogP contribution >= 0.6 is 0 Å². The van der Waals surface area contributed by atoms with Gasteiger partial charge >= 0.3 is 132 Å². The quantitative estimate of drug-likeness (QED) is 0.321. The molecule has 8 heavy (non-hydrogen) atoms. The fourth-order valence-electron chi connectivity index (χ4n) is 0. The van der Waals surface area contributed by atoms with E-state index in [0.29, 0.717) is 0 Å². The van der Waals surface area contributed by atoms with Crippen LogP contribution in [0.15, 0.2) is 0 Å². The normalized spacial score (nSPS) is 1.50. The van der Waals surface area contributed by atoms with Crippen molar-refractivity contribution < 1.29 is 172 Å². The molecule has 0 saturated heterocycles. The predicted octanol–water partition coefficient (Wildman–Crippen LogP) is -16.6. The summed E-state index contributed by atoms with van der Waals surface area (Å²) < 4.78 is 0. The molecule has 0 aromatic rings. The van der Waals surface area contributed by atoms with Gasteiger partial charge in [-0.2, -0.15) is 0 Å². The maximum Gasteiger partial charge on any atom is 1.00 e. The van der Waals surface area contributed by atoms with Gasteiger partial charge in [0.1, 0.15) is 0 Å². The zero-order valence-electron chi connectivity index (χ0n) is 5.15. The minimum Gasteiger partial charge on any atom is -1.00 e. The van der Waals surface area contributed by atoms with E-state index in [9.17, 15) is 0 Å². The van der Waals surface area contributed by atoms with E-state index in [2.05, 4.69) is 0 Å². The molecular weight excluding hydrogens is 261 g/mol. The van der Waals surface area contributed by atoms with Gasteiger partial charge in [0.2, 0.25) is 0 Å². The molecule has 0 aliphatic rings. The Morgan fingerprint density at radius 3 is 1.25 bits per heavy atom. The fraction of sp³-hybridized carbons (Fsp3) is 0. The summed E-state index contributed by atoms with van der Waals surface area (Å²) in [7, 11) is 0. The van der Waals surface area contributed by atoms with Crippen LogP contribution in [-0.2, 0) is 4.79 Å². The van der Waals surface area contributed by atoms with E-state index in [1.165, 1.54) is 0 Å². The summed E-state index contributed by atoms with van der Waals surface area (Å²) in [6, 6.07) is 0. The van der Waals surface area contributed by atoms with E-state index in [1.807, 2.05) is 0 Å². The van der Waals surface area contributed by atoms with Crippen molar-refractivity contribution in [3.63, 3.8) is 0 Å². The van der Waals surface area contributed by atoms with Crippen LogP contribution in [0.2, 0.25) is 0 Å². The Bertz CT molecular complexity index is 27.5. The van der Waals surface area contributed by atoms with Crippen molar-refractivity contribution in [3.05, 3.63) is 0 Å². The molecule has 0 radical (unpaired) electrons. The molecule has 2 nitrogen and oxygen atoms in total. The van der Waals surface area contributed by atoms with Crippen LogP contribution in [0.1, 0.15) is 0 Å². The maximum absolute atomic E-state index is 8.25. The van der Waals surface area contributed by atoms with E-state index in [4.69, 9.17) is 9.90 Å². The number of hydrogen-bond donors (Lipinski definition) is 0. The van der Waals surface area contributed by atoms with Crippen molar-refractivity contribution in [1.82, 2.24) is 0 Å². The molecule has 34 valence electrons. The van der Waals surface area contributed by atoms with Crippen LogP contribution in [0.25, 0.3) is 0 Å². The zero-order valence-corrected chi connectivity index (χ0v) is 15.7. The predicted molar refractivity (Wildman–Crippen MR) is 6.06 cm³/mol. The van der Waals surface area contributed by atoms with Crippen molar-refractivity contribution in [2.45, 2.75) is 0 Å². The van der Waals surface area contributed by atoms with E-state index in [-0.39, 0.29) is 162 Å². The molecule has 0 aliphatic carbocycles. The minimum atomic E-state index is -0.500. The number of carbonyl (C=O) groups is 1. The Kier molecular flexibility index (Phi) is 205. The smallest absolute Gasteiger partial charge is 1.00 e. The topological polar surface area (TPSA) is 40.1 Å². The van der Waals surface area contributed by atoms with Crippen LogP contribution in [0.3, 0.4) is 0 Å². The molecule has 0 atom stereocenters. The second kappa shape index (κ2) is 41.9. The Hall–Kier alpha value is 4.51. The molecule has 0 aliphatic heterocycles. The van der Waals surface area contributed by atoms with Crippen molar-refractivity contribution in [2.75, 3.05) is 0 Å². The van der Waals surface area contributed by atoms with E-state index in [0.717, 1.165) is 0 Å². The average Bonchev–Trinajstić information content (AvgIpc) is 0.918. The third-order valence-corrected chi connectivity index (χ3v) is 0. The van der Waals surface area contributed by atoms with Crippen molar-refractivity contribution in [3.8, 4) is 0 Å². The largest absolute Gasteiger partial charge is 1.00 e. The van der Waals surface area contributed by atoms with Crippen LogP contribution < -0.4 is 167 Å². The van der Waals surface area contributed by atoms with Gasteiger partial charge in [-0.25, -0.2) is 0 Å². The first-order valence-electron chi connectivity index (χ1n) is 0.471. The van der Waals surface area contributed by atoms with Gasteiger partial charge in [0, 0.05) is 6.47 Å². The average molecular weight is 262 g/mol. The molecule has 0 bridgehead atoms. The van der Waals surface area contributed by atoms with E-state index < -0.39 is 6.47 Å². The van der Waals surface area contributed by atoms with Crippen molar-refractivity contribution in [2.24, 2.45) is 0 Å². The van der Waals surface area contributed by atoms with Crippen LogP contribution in [0.5, 0.6) is 0 Å². The number of halogens is 2. The zero-order chi connectivity index (χ0) is 2.71. The molecular formula is CHBrClK2NaO2. The SMILES string of the molecule is O=C[O-].[Br-].[Cl-].[K+].[K+].[Na+]. The van der Waals surface area contributed by atoms with E-state index in [1.54, 1.807) is 0 Å². The third-order valence-electron chi connectivity index (χ3n) is 0. The first kappa shape index (κ1) is 39.1. The number of carbonyl (C=O) groups excluding carboxylic acids is 1. The van der Waals surface area contributed by atoms with Crippen LogP contribution in [0, 0.1) is 0 Å². The molecule has 0 aromatic carbocycles. The van der Waals surface area contributed by atoms with Crippen LogP contribution in [-0.4, -0.2) is 6.47 Å². The summed E-state index contributed by atoms with van der Waals surface area (Å²) >= 11 is 0. The molecule has 0 heterocycles. The second-order valence-corrected chi connectivity index (χ2v) is 0.0962. The Labute approximate surface area is 173 Å². The van der Waals surface area contributed by atoms with Gasteiger partial charge in [0.05, 0.1) is 0 Å². The standard InChI is InChI=1S/CH2O2.BrH.ClH.2K.Na/c2-1-3;;;;;/h1H,(H,2,3);2*1H;;;/q;;;3*+1/p-3. The summed E-state index contributed by atoms with van der Waals surface area (Å²) in [5.41, 5.74) is 0. The van der Waals surface area contributed by atoms with Gasteiger partial charge in [-0.3, -0.25) is 0 Å². The summed E-state index contributed by atoms with van der Waals surface area (Å²) in [4.78, 5) is 8.25. The van der Waals surface area contributed by atoms with Crippen LogP contribution in [0.4, 0.5) is 0 Å². The molecule has 0 N–H and O–H groups in total. The number of carboxylic acid groups (broad SMARTS) is 1. The molecule has 0 aromatic heterocycles. The Morgan fingerprint density at radius 1 is 1.25 bits per heavy atom. The third kappa shape index (κ3) is 46.7. The summed E-state index contributed by atoms with van der Waals surface area (Å²) in [6.07, 6.45) is 0. The number of hydrogen-bond acceptors (Lipinski definition) is 2. The van der Waals surface area contributed by atoms with Gasteiger partial charge in [-0.1, -0.05) is 0 Å². The summed E-state index contributed by atoms with van der Waals surface area (Å²) in [5.74, 6) is 0. The van der Waals surface area contributed by atoms with Crippen molar-refractivity contribution >= 4 is 6.47 Å². The van der Waals surface area contributed by atoms with E-state index >= 15 is 0 Å². The number of rotatable bonds is 0. The Balaban J connectivity index is -0.00000000200. The molecule has 0 amide bonds. The molecule has 0 fully saturated rings. The van der Waals surface area contributed by atoms with Gasteiger partial charge in [-0.05, 0) is 0 Å². The first-order valence-corrected chi connectivity index (χ1v) is 0.471.